The van der Waals surface area contributed by atoms with Crippen LogP contribution < -0.4 is 10.1 Å². The second-order valence-corrected chi connectivity index (χ2v) is 7.62. The molecule has 1 saturated heterocycles. The zero-order valence-corrected chi connectivity index (χ0v) is 15.1. The quantitative estimate of drug-likeness (QED) is 0.642. The molecule has 0 spiro atoms. The molecular formula is C16H17FN2O7S. The van der Waals surface area contributed by atoms with E-state index in [1.165, 1.54) is 19.3 Å². The van der Waals surface area contributed by atoms with Crippen molar-refractivity contribution in [1.82, 2.24) is 9.62 Å². The van der Waals surface area contributed by atoms with Crippen LogP contribution in [0.1, 0.15) is 12.0 Å². The molecule has 2 amide bonds. The number of benzene rings is 1. The van der Waals surface area contributed by atoms with Crippen LogP contribution in [-0.2, 0) is 24.4 Å². The number of methoxy groups -OCH3 is 1. The molecule has 0 radical (unpaired) electrons. The van der Waals surface area contributed by atoms with Crippen LogP contribution in [0.15, 0.2) is 23.8 Å². The van der Waals surface area contributed by atoms with Gasteiger partial charge in [0.15, 0.2) is 0 Å². The average Bonchev–Trinajstić information content (AvgIpc) is 2.74. The summed E-state index contributed by atoms with van der Waals surface area (Å²) in [6, 6.07) is 3.58. The summed E-state index contributed by atoms with van der Waals surface area (Å²) in [5, 5.41) is 11.1. The Bertz CT molecular complexity index is 911. The Morgan fingerprint density at radius 2 is 2.11 bits per heavy atom. The molecule has 9 nitrogen and oxygen atoms in total. The Hall–Kier alpha value is -2.95. The molecule has 11 heteroatoms. The number of hydrogen-bond donors (Lipinski definition) is 2. The highest BCUT2D eigenvalue weighted by atomic mass is 32.2. The minimum absolute atomic E-state index is 0.122. The van der Waals surface area contributed by atoms with E-state index in [1.54, 1.807) is 0 Å². The highest BCUT2D eigenvalue weighted by Gasteiger charge is 2.34. The van der Waals surface area contributed by atoms with Gasteiger partial charge in [-0.2, -0.15) is 0 Å². The molecule has 2 N–H and O–H groups in total. The minimum atomic E-state index is -4.34. The summed E-state index contributed by atoms with van der Waals surface area (Å²) in [6.07, 6.45) is 0.500. The molecule has 146 valence electrons. The van der Waals surface area contributed by atoms with Crippen molar-refractivity contribution in [3.05, 3.63) is 35.2 Å². The van der Waals surface area contributed by atoms with Gasteiger partial charge in [0, 0.05) is 17.7 Å². The predicted octanol–water partition coefficient (Wildman–Crippen LogP) is -0.0194. The van der Waals surface area contributed by atoms with E-state index in [9.17, 15) is 27.2 Å². The van der Waals surface area contributed by atoms with E-state index in [0.29, 0.717) is 4.31 Å². The molecular weight excluding hydrogens is 383 g/mol. The van der Waals surface area contributed by atoms with E-state index in [1.807, 2.05) is 0 Å². The highest BCUT2D eigenvalue weighted by molar-refractivity contribution is 7.89. The van der Waals surface area contributed by atoms with Crippen molar-refractivity contribution in [3.8, 4) is 5.75 Å². The molecule has 1 aromatic rings. The maximum Gasteiger partial charge on any atom is 0.304 e. The Kier molecular flexibility index (Phi) is 6.16. The van der Waals surface area contributed by atoms with Gasteiger partial charge < -0.3 is 15.2 Å². The summed E-state index contributed by atoms with van der Waals surface area (Å²) in [7, 11) is -3.00. The minimum Gasteiger partial charge on any atom is -0.496 e. The van der Waals surface area contributed by atoms with Crippen molar-refractivity contribution in [2.75, 3.05) is 26.0 Å². The van der Waals surface area contributed by atoms with Crippen molar-refractivity contribution in [3.63, 3.8) is 0 Å². The summed E-state index contributed by atoms with van der Waals surface area (Å²) >= 11 is 0. The summed E-state index contributed by atoms with van der Waals surface area (Å²) in [5.74, 6) is -4.27. The number of carbonyl (C=O) groups is 3. The fourth-order valence-corrected chi connectivity index (χ4v) is 3.69. The number of carboxylic acids is 1. The van der Waals surface area contributed by atoms with E-state index in [4.69, 9.17) is 9.84 Å². The van der Waals surface area contributed by atoms with Gasteiger partial charge in [-0.1, -0.05) is 0 Å². The average molecular weight is 400 g/mol. The van der Waals surface area contributed by atoms with Crippen molar-refractivity contribution in [2.45, 2.75) is 6.42 Å². The number of sulfonamides is 1. The van der Waals surface area contributed by atoms with E-state index >= 15 is 0 Å². The maximum absolute atomic E-state index is 13.5. The highest BCUT2D eigenvalue weighted by Crippen LogP contribution is 2.23. The van der Waals surface area contributed by atoms with Crippen LogP contribution in [0.2, 0.25) is 0 Å². The monoisotopic (exact) mass is 400 g/mol. The molecule has 0 bridgehead atoms. The predicted molar refractivity (Wildman–Crippen MR) is 91.7 cm³/mol. The van der Waals surface area contributed by atoms with Gasteiger partial charge in [0.25, 0.3) is 5.91 Å². The molecule has 1 aliphatic rings. The van der Waals surface area contributed by atoms with Crippen LogP contribution in [0.5, 0.6) is 5.75 Å². The largest absolute Gasteiger partial charge is 0.496 e. The number of hydrogen-bond acceptors (Lipinski definition) is 6. The number of carbonyl (C=O) groups excluding carboxylic acids is 2. The number of halogens is 1. The van der Waals surface area contributed by atoms with Gasteiger partial charge in [0.05, 0.1) is 19.3 Å². The molecule has 1 heterocycles. The normalized spacial score (nSPS) is 16.8. The lowest BCUT2D eigenvalue weighted by Crippen LogP contribution is -2.42. The first-order chi connectivity index (χ1) is 12.6. The number of carboxylic acid groups (broad SMARTS) is 1. The molecule has 0 saturated carbocycles. The summed E-state index contributed by atoms with van der Waals surface area (Å²) in [4.78, 5) is 35.1. The van der Waals surface area contributed by atoms with Crippen molar-refractivity contribution in [2.24, 2.45) is 0 Å². The summed E-state index contributed by atoms with van der Waals surface area (Å²) in [5.41, 5.74) is 0.0588. The van der Waals surface area contributed by atoms with Gasteiger partial charge in [-0.05, 0) is 24.3 Å². The molecule has 0 atom stereocenters. The van der Waals surface area contributed by atoms with Gasteiger partial charge in [-0.25, -0.2) is 17.1 Å². The lowest BCUT2D eigenvalue weighted by molar-refractivity contribution is -0.136. The Balaban J connectivity index is 2.44. The molecule has 27 heavy (non-hydrogen) atoms. The third-order valence-corrected chi connectivity index (χ3v) is 5.38. The molecule has 2 rings (SSSR count). The molecule has 0 unspecified atom stereocenters. The van der Waals surface area contributed by atoms with Crippen LogP contribution in [0.4, 0.5) is 4.39 Å². The first kappa shape index (κ1) is 20.4. The van der Waals surface area contributed by atoms with Gasteiger partial charge in [0.1, 0.15) is 18.1 Å². The molecule has 0 aliphatic carbocycles. The van der Waals surface area contributed by atoms with Gasteiger partial charge in [-0.15, -0.1) is 0 Å². The molecule has 1 aliphatic heterocycles. The van der Waals surface area contributed by atoms with Gasteiger partial charge >= 0.3 is 5.97 Å². The Morgan fingerprint density at radius 1 is 1.41 bits per heavy atom. The van der Waals surface area contributed by atoms with Crippen molar-refractivity contribution < 1.29 is 37.0 Å². The summed E-state index contributed by atoms with van der Waals surface area (Å²) < 4.78 is 43.6. The Labute approximate surface area is 154 Å². The third kappa shape index (κ3) is 5.03. The van der Waals surface area contributed by atoms with E-state index < -0.39 is 52.3 Å². The second kappa shape index (κ2) is 8.16. The van der Waals surface area contributed by atoms with Crippen LogP contribution in [0.3, 0.4) is 0 Å². The van der Waals surface area contributed by atoms with Crippen LogP contribution in [-0.4, -0.2) is 61.6 Å². The second-order valence-electron chi connectivity index (χ2n) is 5.60. The smallest absolute Gasteiger partial charge is 0.304 e. The van der Waals surface area contributed by atoms with Crippen LogP contribution in [0, 0.1) is 5.82 Å². The van der Waals surface area contributed by atoms with E-state index in [2.05, 4.69) is 5.32 Å². The van der Waals surface area contributed by atoms with Crippen molar-refractivity contribution >= 4 is 33.9 Å². The third-order valence-electron chi connectivity index (χ3n) is 3.70. The topological polar surface area (TPSA) is 130 Å². The van der Waals surface area contributed by atoms with E-state index in [-0.39, 0.29) is 23.4 Å². The SMILES string of the molecule is COc1ccc(F)cc1C=C1CNC(=O)CN(S(=O)(=O)CCC(=O)O)C1=O. The first-order valence-electron chi connectivity index (χ1n) is 7.71. The van der Waals surface area contributed by atoms with Gasteiger partial charge in [-0.3, -0.25) is 14.4 Å². The number of amides is 2. The fraction of sp³-hybridized carbons (Fsp3) is 0.312. The molecule has 1 aromatic carbocycles. The lowest BCUT2D eigenvalue weighted by Gasteiger charge is -2.19. The fourth-order valence-electron chi connectivity index (χ4n) is 2.36. The van der Waals surface area contributed by atoms with Gasteiger partial charge in [0.2, 0.25) is 15.9 Å². The standard InChI is InChI=1S/C16H17FN2O7S/c1-26-13-3-2-12(17)7-10(13)6-11-8-18-14(20)9-19(16(11)23)27(24,25)5-4-15(21)22/h2-3,6-7H,4-5,8-9H2,1H3,(H,18,20)(H,21,22). The number of rotatable bonds is 6. The first-order valence-corrected chi connectivity index (χ1v) is 9.32. The number of nitrogens with zero attached hydrogens (tertiary/aromatic N) is 1. The summed E-state index contributed by atoms with van der Waals surface area (Å²) in [6.45, 7) is -1.04. The Morgan fingerprint density at radius 3 is 2.74 bits per heavy atom. The van der Waals surface area contributed by atoms with Crippen molar-refractivity contribution in [1.29, 1.82) is 0 Å². The number of aliphatic carboxylic acids is 1. The zero-order valence-electron chi connectivity index (χ0n) is 14.3. The molecule has 0 aromatic heterocycles. The number of ether oxygens (including phenoxy) is 1. The van der Waals surface area contributed by atoms with Crippen LogP contribution >= 0.6 is 0 Å². The molecule has 1 fully saturated rings. The number of nitrogens with one attached hydrogen (secondary N) is 1. The lowest BCUT2D eigenvalue weighted by atomic mass is 10.1. The van der Waals surface area contributed by atoms with E-state index in [0.717, 1.165) is 12.1 Å². The van der Waals surface area contributed by atoms with Crippen LogP contribution in [0.25, 0.3) is 6.08 Å². The zero-order chi connectivity index (χ0) is 20.2. The maximum atomic E-state index is 13.5.